The van der Waals surface area contributed by atoms with E-state index in [1.807, 2.05) is 27.7 Å². The number of hydrogen-bond acceptors (Lipinski definition) is 3. The van der Waals surface area contributed by atoms with Crippen LogP contribution in [0.5, 0.6) is 0 Å². The van der Waals surface area contributed by atoms with Crippen molar-refractivity contribution in [2.45, 2.75) is 96.7 Å². The number of aliphatic imine (C=N–C) groups is 1. The predicted octanol–water partition coefficient (Wildman–Crippen LogP) is 5.60. The van der Waals surface area contributed by atoms with Crippen molar-refractivity contribution in [1.82, 2.24) is 5.32 Å². The highest BCUT2D eigenvalue weighted by atomic mass is 19.1. The lowest BCUT2D eigenvalue weighted by molar-refractivity contribution is -0.126. The lowest BCUT2D eigenvalue weighted by atomic mass is 9.84. The largest absolute Gasteiger partial charge is 0.390 e. The highest BCUT2D eigenvalue weighted by Crippen LogP contribution is 2.38. The third-order valence-electron chi connectivity index (χ3n) is 7.48. The van der Waals surface area contributed by atoms with Gasteiger partial charge >= 0.3 is 0 Å². The van der Waals surface area contributed by atoms with Crippen LogP contribution in [0.3, 0.4) is 0 Å². The molecule has 0 bridgehead atoms. The fourth-order valence-corrected chi connectivity index (χ4v) is 5.53. The Hall–Kier alpha value is -3.06. The fraction of sp³-hybridized carbons (Fsp3) is 0.516. The van der Waals surface area contributed by atoms with Crippen molar-refractivity contribution in [2.24, 2.45) is 10.9 Å². The molecular weight excluding hydrogens is 481 g/mol. The van der Waals surface area contributed by atoms with Gasteiger partial charge in [-0.2, -0.15) is 4.99 Å². The fourth-order valence-electron chi connectivity index (χ4n) is 5.53. The molecule has 0 spiro atoms. The normalized spacial score (nSPS) is 20.6. The topological polar surface area (TPSA) is 82.0 Å². The Kier molecular flexibility index (Phi) is 8.66. The van der Waals surface area contributed by atoms with E-state index in [9.17, 15) is 19.1 Å². The van der Waals surface area contributed by atoms with Crippen LogP contribution >= 0.6 is 0 Å². The molecule has 38 heavy (non-hydrogen) atoms. The summed E-state index contributed by atoms with van der Waals surface area (Å²) in [6.07, 6.45) is 6.26. The summed E-state index contributed by atoms with van der Waals surface area (Å²) < 4.78 is 13.4. The average Bonchev–Trinajstić information content (AvgIpc) is 3.20. The zero-order valence-electron chi connectivity index (χ0n) is 23.0. The highest BCUT2D eigenvalue weighted by molar-refractivity contribution is 6.12. The molecule has 7 heteroatoms. The third kappa shape index (κ3) is 7.07. The average molecular weight is 522 g/mol. The van der Waals surface area contributed by atoms with Gasteiger partial charge in [0.2, 0.25) is 5.91 Å². The number of carbonyl (C=O) groups is 2. The molecule has 0 aromatic heterocycles. The van der Waals surface area contributed by atoms with Crippen molar-refractivity contribution in [2.75, 3.05) is 4.90 Å². The van der Waals surface area contributed by atoms with Crippen molar-refractivity contribution in [3.63, 3.8) is 0 Å². The summed E-state index contributed by atoms with van der Waals surface area (Å²) in [5.41, 5.74) is 3.06. The smallest absolute Gasteiger partial charge is 0.278 e. The molecule has 2 aromatic carbocycles. The number of halogens is 1. The van der Waals surface area contributed by atoms with Crippen LogP contribution in [0, 0.1) is 11.7 Å². The first kappa shape index (κ1) is 28.0. The number of nitrogens with zero attached hydrogens (tertiary/aromatic N) is 2. The van der Waals surface area contributed by atoms with E-state index < -0.39 is 5.60 Å². The number of amides is 2. The molecule has 1 saturated carbocycles. The van der Waals surface area contributed by atoms with Gasteiger partial charge in [-0.1, -0.05) is 12.1 Å². The Morgan fingerprint density at radius 2 is 1.79 bits per heavy atom. The summed E-state index contributed by atoms with van der Waals surface area (Å²) in [7, 11) is 0. The maximum atomic E-state index is 13.4. The first-order valence-electron chi connectivity index (χ1n) is 13.8. The first-order chi connectivity index (χ1) is 18.0. The Morgan fingerprint density at radius 3 is 2.42 bits per heavy atom. The van der Waals surface area contributed by atoms with Gasteiger partial charge in [0.05, 0.1) is 5.60 Å². The van der Waals surface area contributed by atoms with Crippen molar-refractivity contribution < 1.29 is 19.1 Å². The highest BCUT2D eigenvalue weighted by Gasteiger charge is 2.36. The number of rotatable bonds is 8. The molecule has 1 aliphatic heterocycles. The van der Waals surface area contributed by atoms with E-state index in [4.69, 9.17) is 0 Å². The second-order valence-corrected chi connectivity index (χ2v) is 11.7. The van der Waals surface area contributed by atoms with E-state index >= 15 is 0 Å². The summed E-state index contributed by atoms with van der Waals surface area (Å²) in [4.78, 5) is 32.4. The predicted molar refractivity (Wildman–Crippen MR) is 149 cm³/mol. The van der Waals surface area contributed by atoms with Crippen molar-refractivity contribution in [3.8, 4) is 0 Å². The van der Waals surface area contributed by atoms with E-state index in [1.54, 1.807) is 0 Å². The molecule has 0 atom stereocenters. The molecule has 1 fully saturated rings. The van der Waals surface area contributed by atoms with Gasteiger partial charge in [0.25, 0.3) is 5.91 Å². The minimum absolute atomic E-state index is 0.00475. The number of aryl methyl sites for hydroxylation is 1. The second kappa shape index (κ2) is 11.8. The number of fused-ring (bicyclic) bond motifs is 1. The SMILES string of the molecule is CC(C)NC(=O)C1CCC(N2C(=NC(=O)c3ccc(F)cc3)Cc3ccc(CCCC(C)(C)O)cc32)CC1. The van der Waals surface area contributed by atoms with E-state index in [0.717, 1.165) is 56.2 Å². The quantitative estimate of drug-likeness (QED) is 0.474. The van der Waals surface area contributed by atoms with Gasteiger partial charge in [0.15, 0.2) is 0 Å². The summed E-state index contributed by atoms with van der Waals surface area (Å²) in [6, 6.07) is 12.2. The van der Waals surface area contributed by atoms with Crippen LogP contribution in [-0.4, -0.2) is 40.4 Å². The summed E-state index contributed by atoms with van der Waals surface area (Å²) >= 11 is 0. The molecule has 1 heterocycles. The second-order valence-electron chi connectivity index (χ2n) is 11.7. The molecule has 1 aliphatic carbocycles. The van der Waals surface area contributed by atoms with Crippen LogP contribution in [0.1, 0.15) is 87.7 Å². The maximum absolute atomic E-state index is 13.4. The van der Waals surface area contributed by atoms with Crippen molar-refractivity contribution in [3.05, 3.63) is 65.0 Å². The molecule has 0 saturated heterocycles. The standard InChI is InChI=1S/C31H40FN3O3/c1-20(2)33-29(36)23-11-15-26(16-12-23)35-27-18-21(6-5-17-31(3,4)38)7-8-24(27)19-28(35)34-30(37)22-9-13-25(32)14-10-22/h7-10,13-14,18,20,23,26,38H,5-6,11-12,15-17,19H2,1-4H3,(H,33,36). The van der Waals surface area contributed by atoms with Gasteiger partial charge in [-0.15, -0.1) is 0 Å². The van der Waals surface area contributed by atoms with Gasteiger partial charge in [0, 0.05) is 35.7 Å². The van der Waals surface area contributed by atoms with Gasteiger partial charge in [-0.25, -0.2) is 4.39 Å². The number of amidine groups is 1. The monoisotopic (exact) mass is 521 g/mol. The van der Waals surface area contributed by atoms with Crippen LogP contribution in [-0.2, 0) is 17.6 Å². The zero-order chi connectivity index (χ0) is 27.4. The molecule has 0 unspecified atom stereocenters. The minimum atomic E-state index is -0.691. The minimum Gasteiger partial charge on any atom is -0.390 e. The van der Waals surface area contributed by atoms with Gasteiger partial charge in [0.1, 0.15) is 11.7 Å². The molecule has 2 amide bonds. The molecule has 6 nitrogen and oxygen atoms in total. The number of nitrogens with one attached hydrogen (secondary N) is 1. The summed E-state index contributed by atoms with van der Waals surface area (Å²) in [5.74, 6) is 0.0607. The maximum Gasteiger partial charge on any atom is 0.278 e. The Labute approximate surface area is 225 Å². The van der Waals surface area contributed by atoms with E-state index in [-0.39, 0.29) is 35.6 Å². The number of carbonyl (C=O) groups excluding carboxylic acids is 2. The molecule has 204 valence electrons. The number of aliphatic hydroxyl groups is 1. The lowest BCUT2D eigenvalue weighted by Gasteiger charge is -2.36. The molecule has 2 N–H and O–H groups in total. The van der Waals surface area contributed by atoms with Gasteiger partial charge < -0.3 is 15.3 Å². The van der Waals surface area contributed by atoms with E-state index in [2.05, 4.69) is 33.4 Å². The Morgan fingerprint density at radius 1 is 1.11 bits per heavy atom. The molecule has 2 aromatic rings. The van der Waals surface area contributed by atoms with Crippen LogP contribution in [0.2, 0.25) is 0 Å². The number of anilines is 1. The van der Waals surface area contributed by atoms with Crippen LogP contribution in [0.4, 0.5) is 10.1 Å². The summed E-state index contributed by atoms with van der Waals surface area (Å²) in [6.45, 7) is 7.61. The van der Waals surface area contributed by atoms with Crippen molar-refractivity contribution in [1.29, 1.82) is 0 Å². The van der Waals surface area contributed by atoms with Crippen LogP contribution < -0.4 is 10.2 Å². The van der Waals surface area contributed by atoms with Gasteiger partial charge in [-0.3, -0.25) is 9.59 Å². The van der Waals surface area contributed by atoms with Gasteiger partial charge in [-0.05, 0) is 114 Å². The molecular formula is C31H40FN3O3. The number of hydrogen-bond donors (Lipinski definition) is 2. The summed E-state index contributed by atoms with van der Waals surface area (Å²) in [5, 5.41) is 13.1. The Bertz CT molecular complexity index is 1180. The first-order valence-corrected chi connectivity index (χ1v) is 13.8. The van der Waals surface area contributed by atoms with E-state index in [0.29, 0.717) is 17.8 Å². The van der Waals surface area contributed by atoms with Crippen LogP contribution in [0.15, 0.2) is 47.5 Å². The molecule has 2 aliphatic rings. The van der Waals surface area contributed by atoms with Crippen molar-refractivity contribution >= 4 is 23.3 Å². The zero-order valence-corrected chi connectivity index (χ0v) is 23.0. The van der Waals surface area contributed by atoms with Crippen LogP contribution in [0.25, 0.3) is 0 Å². The molecule has 0 radical (unpaired) electrons. The van der Waals surface area contributed by atoms with E-state index in [1.165, 1.54) is 29.8 Å². The number of benzene rings is 2. The third-order valence-corrected chi connectivity index (χ3v) is 7.48. The lowest BCUT2D eigenvalue weighted by Crippen LogP contribution is -2.44. The molecule has 4 rings (SSSR count). The Balaban J connectivity index is 1.58.